The lowest BCUT2D eigenvalue weighted by molar-refractivity contribution is 0.0700. The number of hydrogen-bond donors (Lipinski definition) is 2. The van der Waals surface area contributed by atoms with Crippen LogP contribution in [0.3, 0.4) is 0 Å². The van der Waals surface area contributed by atoms with Gasteiger partial charge in [-0.2, -0.15) is 0 Å². The Morgan fingerprint density at radius 2 is 1.85 bits per heavy atom. The van der Waals surface area contributed by atoms with Crippen LogP contribution in [0.25, 0.3) is 44.6 Å². The number of fused-ring (bicyclic) bond motifs is 4. The summed E-state index contributed by atoms with van der Waals surface area (Å²) in [6, 6.07) is 20.6. The van der Waals surface area contributed by atoms with Gasteiger partial charge in [-0.05, 0) is 84.5 Å². The molecule has 11 heteroatoms. The molecule has 47 heavy (non-hydrogen) atoms. The van der Waals surface area contributed by atoms with Gasteiger partial charge in [0.05, 0.1) is 24.6 Å². The van der Waals surface area contributed by atoms with Crippen LogP contribution in [0.2, 0.25) is 0 Å². The summed E-state index contributed by atoms with van der Waals surface area (Å²) >= 11 is 0. The number of nitrogens with zero attached hydrogens (tertiary/aromatic N) is 4. The topological polar surface area (TPSA) is 124 Å². The Kier molecular flexibility index (Phi) is 7.19. The third-order valence-electron chi connectivity index (χ3n) is 10.4. The zero-order valence-corrected chi connectivity index (χ0v) is 27.8. The molecule has 3 aromatic carbocycles. The molecule has 2 unspecified atom stereocenters. The van der Waals surface area contributed by atoms with E-state index in [9.17, 15) is 13.2 Å². The average molecular weight is 653 g/mol. The second kappa shape index (κ2) is 11.2. The van der Waals surface area contributed by atoms with E-state index in [1.807, 2.05) is 42.3 Å². The zero-order valence-electron chi connectivity index (χ0n) is 26.9. The zero-order chi connectivity index (χ0) is 32.6. The van der Waals surface area contributed by atoms with E-state index in [1.165, 1.54) is 19.1 Å². The van der Waals surface area contributed by atoms with Crippen LogP contribution >= 0.6 is 0 Å². The number of nitrogens with one attached hydrogen (secondary N) is 1. The number of piperidine rings is 1. The standard InChI is InChI=1S/C36H40N6O4S/c1-40-34-28(14-27(17-32(34)46-2)36(43)42-20-26-11-12-29(42)33(26)37)39-35(40)31-16-25-10-9-24(15-30(25)41(31)19-21-7-8-21)23-6-4-5-22(13-23)18-38-47(3,44)45/h4-6,9-10,13-17,21,26,29,33,38H,7-8,11-12,18-20,37H2,1-3H3/t26?,29?,33-/m1/s1. The van der Waals surface area contributed by atoms with E-state index in [-0.39, 0.29) is 24.5 Å². The van der Waals surface area contributed by atoms with Gasteiger partial charge in [0.2, 0.25) is 10.0 Å². The summed E-state index contributed by atoms with van der Waals surface area (Å²) in [6.45, 7) is 1.85. The molecule has 8 rings (SSSR count). The normalized spacial score (nSPS) is 20.9. The molecule has 2 bridgehead atoms. The number of methoxy groups -OCH3 is 1. The Morgan fingerprint density at radius 1 is 1.04 bits per heavy atom. The number of ether oxygens (including phenoxy) is 1. The van der Waals surface area contributed by atoms with Crippen LogP contribution in [0.5, 0.6) is 5.75 Å². The molecule has 5 aromatic rings. The van der Waals surface area contributed by atoms with Crippen molar-refractivity contribution in [1.82, 2.24) is 23.7 Å². The molecule has 3 fully saturated rings. The van der Waals surface area contributed by atoms with Gasteiger partial charge in [0.15, 0.2) is 5.82 Å². The number of sulfonamides is 1. The Hall–Kier alpha value is -4.19. The third-order valence-corrected chi connectivity index (χ3v) is 11.1. The number of hydrogen-bond acceptors (Lipinski definition) is 6. The number of imidazole rings is 1. The summed E-state index contributed by atoms with van der Waals surface area (Å²) in [5.74, 6) is 2.43. The number of amides is 1. The fourth-order valence-electron chi connectivity index (χ4n) is 7.72. The van der Waals surface area contributed by atoms with E-state index < -0.39 is 10.0 Å². The van der Waals surface area contributed by atoms with E-state index in [0.717, 1.165) is 69.5 Å². The second-order valence-electron chi connectivity index (χ2n) is 13.6. The number of carbonyl (C=O) groups excluding carboxylic acids is 1. The van der Waals surface area contributed by atoms with Crippen molar-refractivity contribution in [3.05, 3.63) is 71.8 Å². The Bertz CT molecular complexity index is 2170. The van der Waals surface area contributed by atoms with Crippen LogP contribution in [-0.2, 0) is 30.2 Å². The number of benzene rings is 3. The van der Waals surface area contributed by atoms with Crippen molar-refractivity contribution in [3.8, 4) is 28.4 Å². The molecule has 3 heterocycles. The Labute approximate surface area is 274 Å². The highest BCUT2D eigenvalue weighted by atomic mass is 32.2. The number of carbonyl (C=O) groups is 1. The molecule has 3 N–H and O–H groups in total. The van der Waals surface area contributed by atoms with Crippen molar-refractivity contribution in [3.63, 3.8) is 0 Å². The van der Waals surface area contributed by atoms with Gasteiger partial charge in [0, 0.05) is 55.2 Å². The third kappa shape index (κ3) is 5.40. The fraction of sp³-hybridized carbons (Fsp3) is 0.389. The Morgan fingerprint density at radius 3 is 2.55 bits per heavy atom. The maximum atomic E-state index is 13.8. The number of aryl methyl sites for hydroxylation is 1. The molecule has 1 saturated heterocycles. The van der Waals surface area contributed by atoms with Gasteiger partial charge in [0.1, 0.15) is 11.3 Å². The molecule has 1 aliphatic heterocycles. The molecular formula is C36H40N6O4S. The molecule has 2 aliphatic carbocycles. The first-order chi connectivity index (χ1) is 22.6. The molecule has 0 radical (unpaired) electrons. The van der Waals surface area contributed by atoms with Crippen molar-refractivity contribution < 1.29 is 17.9 Å². The molecule has 2 aromatic heterocycles. The maximum Gasteiger partial charge on any atom is 0.254 e. The smallest absolute Gasteiger partial charge is 0.254 e. The predicted octanol–water partition coefficient (Wildman–Crippen LogP) is 4.89. The summed E-state index contributed by atoms with van der Waals surface area (Å²) in [7, 11) is 0.359. The number of aromatic nitrogens is 3. The van der Waals surface area contributed by atoms with E-state index >= 15 is 0 Å². The van der Waals surface area contributed by atoms with Gasteiger partial charge < -0.3 is 24.5 Å². The molecule has 1 amide bonds. The largest absolute Gasteiger partial charge is 0.494 e. The van der Waals surface area contributed by atoms with Crippen LogP contribution < -0.4 is 15.2 Å². The second-order valence-corrected chi connectivity index (χ2v) is 15.5. The van der Waals surface area contributed by atoms with Crippen LogP contribution in [0.1, 0.15) is 41.6 Å². The molecule has 10 nitrogen and oxygen atoms in total. The summed E-state index contributed by atoms with van der Waals surface area (Å²) in [5.41, 5.74) is 13.7. The number of likely N-dealkylation sites (tertiary alicyclic amines) is 1. The first kappa shape index (κ1) is 30.2. The number of rotatable bonds is 9. The summed E-state index contributed by atoms with van der Waals surface area (Å²) in [5, 5.41) is 1.12. The fourth-order valence-corrected chi connectivity index (χ4v) is 8.15. The molecule has 3 aliphatic rings. The maximum absolute atomic E-state index is 13.8. The number of nitrogens with two attached hydrogens (primary N) is 1. The highest BCUT2D eigenvalue weighted by molar-refractivity contribution is 7.88. The molecule has 244 valence electrons. The SMILES string of the molecule is COc1cc(C(=O)N2CC3CCC2[C@@H]3N)cc2nc(-c3cc4ccc(-c5cccc(CNS(C)(=O)=O)c5)cc4n3CC3CC3)n(C)c12. The van der Waals surface area contributed by atoms with Gasteiger partial charge in [-0.3, -0.25) is 4.79 Å². The van der Waals surface area contributed by atoms with Crippen molar-refractivity contribution in [2.24, 2.45) is 24.6 Å². The minimum Gasteiger partial charge on any atom is -0.494 e. The van der Waals surface area contributed by atoms with E-state index in [4.69, 9.17) is 15.5 Å². The van der Waals surface area contributed by atoms with E-state index in [1.54, 1.807) is 7.11 Å². The summed E-state index contributed by atoms with van der Waals surface area (Å²) in [4.78, 5) is 20.9. The van der Waals surface area contributed by atoms with Gasteiger partial charge in [0.25, 0.3) is 5.91 Å². The van der Waals surface area contributed by atoms with E-state index in [2.05, 4.69) is 44.2 Å². The highest BCUT2D eigenvalue weighted by Crippen LogP contribution is 2.41. The lowest BCUT2D eigenvalue weighted by Gasteiger charge is -2.27. The monoisotopic (exact) mass is 652 g/mol. The first-order valence-corrected chi connectivity index (χ1v) is 18.3. The van der Waals surface area contributed by atoms with Crippen LogP contribution in [0.15, 0.2) is 60.7 Å². The highest BCUT2D eigenvalue weighted by Gasteiger charge is 2.47. The lowest BCUT2D eigenvalue weighted by atomic mass is 10.0. The van der Waals surface area contributed by atoms with E-state index in [0.29, 0.717) is 29.7 Å². The van der Waals surface area contributed by atoms with Crippen molar-refractivity contribution in [2.75, 3.05) is 19.9 Å². The predicted molar refractivity (Wildman–Crippen MR) is 184 cm³/mol. The minimum atomic E-state index is -3.29. The van der Waals surface area contributed by atoms with Crippen molar-refractivity contribution in [2.45, 2.75) is 50.9 Å². The molecule has 0 spiro atoms. The lowest BCUT2D eigenvalue weighted by Crippen LogP contribution is -2.41. The van der Waals surface area contributed by atoms with Gasteiger partial charge >= 0.3 is 0 Å². The molecule has 3 atom stereocenters. The van der Waals surface area contributed by atoms with Gasteiger partial charge in [-0.25, -0.2) is 18.1 Å². The molecule has 2 saturated carbocycles. The van der Waals surface area contributed by atoms with Crippen LogP contribution in [0.4, 0.5) is 0 Å². The van der Waals surface area contributed by atoms with Gasteiger partial charge in [-0.1, -0.05) is 30.3 Å². The van der Waals surface area contributed by atoms with Crippen molar-refractivity contribution >= 4 is 37.9 Å². The van der Waals surface area contributed by atoms with Gasteiger partial charge in [-0.15, -0.1) is 0 Å². The summed E-state index contributed by atoms with van der Waals surface area (Å²) in [6.07, 6.45) is 5.64. The Balaban J connectivity index is 1.19. The van der Waals surface area contributed by atoms with Crippen molar-refractivity contribution in [1.29, 1.82) is 0 Å². The quantitative estimate of drug-likeness (QED) is 0.234. The first-order valence-electron chi connectivity index (χ1n) is 16.4. The van der Waals surface area contributed by atoms with Crippen LogP contribution in [-0.4, -0.2) is 65.3 Å². The molecular weight excluding hydrogens is 613 g/mol. The average Bonchev–Trinajstić information content (AvgIpc) is 3.46. The summed E-state index contributed by atoms with van der Waals surface area (Å²) < 4.78 is 36.2. The minimum absolute atomic E-state index is 0.00778. The van der Waals surface area contributed by atoms with Crippen LogP contribution in [0, 0.1) is 11.8 Å².